The molecule has 0 aliphatic heterocycles. The van der Waals surface area contributed by atoms with E-state index in [1.54, 1.807) is 18.4 Å². The molecule has 2 aromatic heterocycles. The van der Waals surface area contributed by atoms with Gasteiger partial charge in [0.2, 0.25) is 0 Å². The first-order valence-electron chi connectivity index (χ1n) is 7.36. The number of rotatable bonds is 6. The maximum absolute atomic E-state index is 12.3. The molecule has 0 aliphatic rings. The highest BCUT2D eigenvalue weighted by atomic mass is 35.5. The van der Waals surface area contributed by atoms with E-state index in [0.717, 1.165) is 10.4 Å². The Bertz CT molecular complexity index is 797. The van der Waals surface area contributed by atoms with E-state index in [2.05, 4.69) is 16.8 Å². The fourth-order valence-electron chi connectivity index (χ4n) is 2.33. The van der Waals surface area contributed by atoms with Gasteiger partial charge in [-0.2, -0.15) is 11.3 Å². The number of carbonyl (C=O) groups is 1. The largest absolute Gasteiger partial charge is 0.374 e. The average molecular weight is 378 g/mol. The van der Waals surface area contributed by atoms with Crippen LogP contribution < -0.4 is 5.32 Å². The molecule has 3 aromatic rings. The summed E-state index contributed by atoms with van der Waals surface area (Å²) in [4.78, 5) is 13.3. The molecule has 1 amide bonds. The van der Waals surface area contributed by atoms with Gasteiger partial charge in [-0.05, 0) is 52.2 Å². The summed E-state index contributed by atoms with van der Waals surface area (Å²) in [6.07, 6.45) is -0.198. The second kappa shape index (κ2) is 7.94. The van der Waals surface area contributed by atoms with Crippen molar-refractivity contribution in [2.75, 3.05) is 13.7 Å². The first-order valence-corrected chi connectivity index (χ1v) is 9.50. The lowest BCUT2D eigenvalue weighted by atomic mass is 10.1. The molecule has 24 heavy (non-hydrogen) atoms. The van der Waals surface area contributed by atoms with E-state index in [4.69, 9.17) is 16.3 Å². The van der Waals surface area contributed by atoms with Crippen LogP contribution in [-0.4, -0.2) is 19.6 Å². The fraction of sp³-hybridized carbons (Fsp3) is 0.167. The number of carbonyl (C=O) groups excluding carboxylic acids is 1. The van der Waals surface area contributed by atoms with Gasteiger partial charge < -0.3 is 10.1 Å². The quantitative estimate of drug-likeness (QED) is 0.637. The number of amides is 1. The van der Waals surface area contributed by atoms with Crippen LogP contribution in [0.15, 0.2) is 53.2 Å². The lowest BCUT2D eigenvalue weighted by Gasteiger charge is -2.14. The minimum atomic E-state index is -0.198. The van der Waals surface area contributed by atoms with E-state index < -0.39 is 0 Å². The average Bonchev–Trinajstić information content (AvgIpc) is 3.27. The van der Waals surface area contributed by atoms with Crippen LogP contribution in [0.3, 0.4) is 0 Å². The summed E-state index contributed by atoms with van der Waals surface area (Å²) < 4.78 is 6.15. The molecule has 6 heteroatoms. The summed E-state index contributed by atoms with van der Waals surface area (Å²) in [7, 11) is 1.63. The van der Waals surface area contributed by atoms with Crippen molar-refractivity contribution in [3.8, 4) is 11.1 Å². The summed E-state index contributed by atoms with van der Waals surface area (Å²) in [5.41, 5.74) is 2.91. The summed E-state index contributed by atoms with van der Waals surface area (Å²) in [5, 5.41) is 7.04. The van der Waals surface area contributed by atoms with E-state index in [-0.39, 0.29) is 12.0 Å². The third-order valence-electron chi connectivity index (χ3n) is 3.65. The third kappa shape index (κ3) is 4.05. The van der Waals surface area contributed by atoms with Crippen LogP contribution in [0, 0.1) is 0 Å². The highest BCUT2D eigenvalue weighted by molar-refractivity contribution is 7.16. The van der Waals surface area contributed by atoms with Gasteiger partial charge in [0, 0.05) is 24.1 Å². The Balaban J connectivity index is 1.62. The van der Waals surface area contributed by atoms with Gasteiger partial charge in [0.15, 0.2) is 0 Å². The third-order valence-corrected chi connectivity index (χ3v) is 5.65. The van der Waals surface area contributed by atoms with Crippen molar-refractivity contribution in [2.24, 2.45) is 0 Å². The Morgan fingerprint density at radius 2 is 1.96 bits per heavy atom. The SMILES string of the molecule is COC(CNC(=O)c1ccc(-c2ccsc2)cc1)c1ccc(Cl)s1. The molecular formula is C18H16ClNO2S2. The number of halogens is 1. The van der Waals surface area contributed by atoms with Crippen molar-refractivity contribution in [1.82, 2.24) is 5.32 Å². The van der Waals surface area contributed by atoms with Crippen LogP contribution in [0.2, 0.25) is 4.34 Å². The standard InChI is InChI=1S/C18H16ClNO2S2/c1-22-15(16-6-7-17(19)24-16)10-20-18(21)13-4-2-12(3-5-13)14-8-9-23-11-14/h2-9,11,15H,10H2,1H3,(H,20,21). The molecule has 0 bridgehead atoms. The van der Waals surface area contributed by atoms with E-state index in [1.807, 2.05) is 41.8 Å². The molecule has 124 valence electrons. The Labute approximate surface area is 153 Å². The number of nitrogens with one attached hydrogen (secondary N) is 1. The van der Waals surface area contributed by atoms with Crippen LogP contribution in [0.1, 0.15) is 21.3 Å². The molecule has 1 unspecified atom stereocenters. The first-order chi connectivity index (χ1) is 11.7. The lowest BCUT2D eigenvalue weighted by molar-refractivity contribution is 0.0837. The van der Waals surface area contributed by atoms with Gasteiger partial charge in [0.05, 0.1) is 4.34 Å². The van der Waals surface area contributed by atoms with Crippen LogP contribution in [0.5, 0.6) is 0 Å². The highest BCUT2D eigenvalue weighted by Crippen LogP contribution is 2.28. The summed E-state index contributed by atoms with van der Waals surface area (Å²) in [6.45, 7) is 0.401. The van der Waals surface area contributed by atoms with Gasteiger partial charge in [-0.25, -0.2) is 0 Å². The zero-order chi connectivity index (χ0) is 16.9. The van der Waals surface area contributed by atoms with Gasteiger partial charge in [-0.1, -0.05) is 23.7 Å². The van der Waals surface area contributed by atoms with E-state index >= 15 is 0 Å². The molecule has 1 N–H and O–H groups in total. The van der Waals surface area contributed by atoms with Gasteiger partial charge in [0.1, 0.15) is 6.10 Å². The zero-order valence-corrected chi connectivity index (χ0v) is 15.4. The molecular weight excluding hydrogens is 362 g/mol. The molecule has 3 nitrogen and oxygen atoms in total. The monoisotopic (exact) mass is 377 g/mol. The van der Waals surface area contributed by atoms with Crippen molar-refractivity contribution >= 4 is 40.2 Å². The van der Waals surface area contributed by atoms with Crippen LogP contribution in [-0.2, 0) is 4.74 Å². The topological polar surface area (TPSA) is 38.3 Å². The van der Waals surface area contributed by atoms with Crippen molar-refractivity contribution in [3.05, 3.63) is 68.0 Å². The molecule has 1 atom stereocenters. The highest BCUT2D eigenvalue weighted by Gasteiger charge is 2.15. The molecule has 0 saturated carbocycles. The molecule has 0 spiro atoms. The van der Waals surface area contributed by atoms with Crippen molar-refractivity contribution in [1.29, 1.82) is 0 Å². The fourth-order valence-corrected chi connectivity index (χ4v) is 4.14. The zero-order valence-electron chi connectivity index (χ0n) is 13.0. The minimum Gasteiger partial charge on any atom is -0.374 e. The summed E-state index contributed by atoms with van der Waals surface area (Å²) in [5.74, 6) is -0.114. The molecule has 3 rings (SSSR count). The Morgan fingerprint density at radius 1 is 1.17 bits per heavy atom. The van der Waals surface area contributed by atoms with Crippen molar-refractivity contribution < 1.29 is 9.53 Å². The normalized spacial score (nSPS) is 12.1. The predicted octanol–water partition coefficient (Wildman–Crippen LogP) is 5.25. The van der Waals surface area contributed by atoms with Crippen LogP contribution in [0.4, 0.5) is 0 Å². The number of hydrogen-bond acceptors (Lipinski definition) is 4. The molecule has 0 aliphatic carbocycles. The Morgan fingerprint density at radius 3 is 2.54 bits per heavy atom. The van der Waals surface area contributed by atoms with Gasteiger partial charge in [0.25, 0.3) is 5.91 Å². The maximum atomic E-state index is 12.3. The predicted molar refractivity (Wildman–Crippen MR) is 101 cm³/mol. The molecule has 0 radical (unpaired) electrons. The number of ether oxygens (including phenoxy) is 1. The second-order valence-corrected chi connectivity index (χ2v) is 7.69. The van der Waals surface area contributed by atoms with Crippen molar-refractivity contribution in [2.45, 2.75) is 6.10 Å². The lowest BCUT2D eigenvalue weighted by Crippen LogP contribution is -2.28. The van der Waals surface area contributed by atoms with Gasteiger partial charge >= 0.3 is 0 Å². The van der Waals surface area contributed by atoms with E-state index in [1.165, 1.54) is 16.9 Å². The maximum Gasteiger partial charge on any atom is 0.251 e. The smallest absolute Gasteiger partial charge is 0.251 e. The number of thiophene rings is 2. The molecule has 1 aromatic carbocycles. The van der Waals surface area contributed by atoms with Crippen LogP contribution >= 0.6 is 34.3 Å². The Hall–Kier alpha value is -1.66. The number of methoxy groups -OCH3 is 1. The van der Waals surface area contributed by atoms with Crippen LogP contribution in [0.25, 0.3) is 11.1 Å². The number of hydrogen-bond donors (Lipinski definition) is 1. The molecule has 0 fully saturated rings. The molecule has 2 heterocycles. The Kier molecular flexibility index (Phi) is 5.68. The van der Waals surface area contributed by atoms with E-state index in [9.17, 15) is 4.79 Å². The summed E-state index contributed by atoms with van der Waals surface area (Å²) in [6, 6.07) is 13.4. The molecule has 0 saturated heterocycles. The first kappa shape index (κ1) is 17.2. The summed E-state index contributed by atoms with van der Waals surface area (Å²) >= 11 is 9.07. The van der Waals surface area contributed by atoms with E-state index in [0.29, 0.717) is 16.4 Å². The van der Waals surface area contributed by atoms with Gasteiger partial charge in [-0.15, -0.1) is 11.3 Å². The van der Waals surface area contributed by atoms with Crippen molar-refractivity contribution in [3.63, 3.8) is 0 Å². The van der Waals surface area contributed by atoms with Gasteiger partial charge in [-0.3, -0.25) is 4.79 Å². The second-order valence-electron chi connectivity index (χ2n) is 5.17. The number of benzene rings is 1. The minimum absolute atomic E-state index is 0.114.